The average molecular weight is 197 g/mol. The molecule has 0 aromatic heterocycles. The minimum atomic E-state index is -0.546. The Hall–Kier alpha value is -1.10. The third-order valence-electron chi connectivity index (χ3n) is 3.03. The van der Waals surface area contributed by atoms with Gasteiger partial charge in [0.05, 0.1) is 0 Å². The second kappa shape index (κ2) is 3.57. The van der Waals surface area contributed by atoms with Gasteiger partial charge in [-0.1, -0.05) is 6.08 Å². The van der Waals surface area contributed by atoms with Crippen LogP contribution in [0.5, 0.6) is 0 Å². The summed E-state index contributed by atoms with van der Waals surface area (Å²) in [5, 5.41) is 13.2. The van der Waals surface area contributed by atoms with Crippen LogP contribution in [0.2, 0.25) is 0 Å². The van der Waals surface area contributed by atoms with Gasteiger partial charge in [0.25, 0.3) is 0 Å². The van der Waals surface area contributed by atoms with Crippen molar-refractivity contribution in [1.29, 1.82) is 0 Å². The molecule has 0 spiro atoms. The van der Waals surface area contributed by atoms with Gasteiger partial charge >= 0.3 is 0 Å². The molecule has 0 aliphatic heterocycles. The SMILES string of the molecule is NC(C[N+](=O)[O-])NC1=CC2CCC1C2. The molecule has 0 radical (unpaired) electrons. The summed E-state index contributed by atoms with van der Waals surface area (Å²) in [5.41, 5.74) is 6.73. The van der Waals surface area contributed by atoms with E-state index in [1.807, 2.05) is 0 Å². The summed E-state index contributed by atoms with van der Waals surface area (Å²) in [6, 6.07) is 0. The Labute approximate surface area is 82.5 Å². The van der Waals surface area contributed by atoms with Gasteiger partial charge in [0.2, 0.25) is 6.54 Å². The average Bonchev–Trinajstić information content (AvgIpc) is 2.62. The molecule has 0 heterocycles. The van der Waals surface area contributed by atoms with Crippen molar-refractivity contribution in [1.82, 2.24) is 5.32 Å². The lowest BCUT2D eigenvalue weighted by molar-refractivity contribution is -0.483. The number of nitrogens with zero attached hydrogens (tertiary/aromatic N) is 1. The van der Waals surface area contributed by atoms with E-state index in [-0.39, 0.29) is 11.5 Å². The van der Waals surface area contributed by atoms with Crippen LogP contribution in [0.25, 0.3) is 0 Å². The second-order valence-electron chi connectivity index (χ2n) is 4.16. The highest BCUT2D eigenvalue weighted by Crippen LogP contribution is 2.42. The molecule has 3 unspecified atom stereocenters. The van der Waals surface area contributed by atoms with Crippen molar-refractivity contribution in [3.63, 3.8) is 0 Å². The largest absolute Gasteiger partial charge is 0.368 e. The normalized spacial score (nSPS) is 31.4. The number of fused-ring (bicyclic) bond motifs is 2. The number of hydrogen-bond donors (Lipinski definition) is 2. The zero-order valence-corrected chi connectivity index (χ0v) is 7.98. The molecule has 3 N–H and O–H groups in total. The van der Waals surface area contributed by atoms with Gasteiger partial charge < -0.3 is 11.1 Å². The van der Waals surface area contributed by atoms with Crippen LogP contribution in [0.15, 0.2) is 11.8 Å². The number of nitrogens with one attached hydrogen (secondary N) is 1. The minimum Gasteiger partial charge on any atom is -0.368 e. The van der Waals surface area contributed by atoms with E-state index >= 15 is 0 Å². The van der Waals surface area contributed by atoms with Crippen LogP contribution in [-0.2, 0) is 0 Å². The third-order valence-corrected chi connectivity index (χ3v) is 3.03. The lowest BCUT2D eigenvalue weighted by atomic mass is 10.0. The van der Waals surface area contributed by atoms with Crippen molar-refractivity contribution in [2.75, 3.05) is 6.54 Å². The number of rotatable bonds is 4. The summed E-state index contributed by atoms with van der Waals surface area (Å²) in [6.45, 7) is -0.214. The molecule has 1 fully saturated rings. The Balaban J connectivity index is 1.86. The van der Waals surface area contributed by atoms with Crippen LogP contribution in [-0.4, -0.2) is 17.6 Å². The first kappa shape index (κ1) is 9.45. The van der Waals surface area contributed by atoms with Gasteiger partial charge in [0.1, 0.15) is 6.17 Å². The van der Waals surface area contributed by atoms with E-state index in [4.69, 9.17) is 5.73 Å². The predicted octanol–water partition coefficient (Wildman–Crippen LogP) is 0.451. The fourth-order valence-corrected chi connectivity index (χ4v) is 2.43. The van der Waals surface area contributed by atoms with Crippen LogP contribution < -0.4 is 11.1 Å². The van der Waals surface area contributed by atoms with Gasteiger partial charge in [-0.2, -0.15) is 0 Å². The van der Waals surface area contributed by atoms with Gasteiger partial charge in [-0.25, -0.2) is 0 Å². The monoisotopic (exact) mass is 197 g/mol. The molecule has 2 aliphatic carbocycles. The highest BCUT2D eigenvalue weighted by atomic mass is 16.6. The van der Waals surface area contributed by atoms with Gasteiger partial charge in [-0.05, 0) is 31.1 Å². The molecule has 14 heavy (non-hydrogen) atoms. The van der Waals surface area contributed by atoms with Gasteiger partial charge in [-0.3, -0.25) is 10.1 Å². The Morgan fingerprint density at radius 2 is 2.50 bits per heavy atom. The van der Waals surface area contributed by atoms with Crippen molar-refractivity contribution < 1.29 is 4.92 Å². The maximum atomic E-state index is 10.2. The summed E-state index contributed by atoms with van der Waals surface area (Å²) in [7, 11) is 0. The molecule has 0 aromatic rings. The van der Waals surface area contributed by atoms with Crippen LogP contribution in [0.4, 0.5) is 0 Å². The fraction of sp³-hybridized carbons (Fsp3) is 0.778. The first-order valence-electron chi connectivity index (χ1n) is 5.01. The molecule has 2 bridgehead atoms. The molecule has 0 aromatic carbocycles. The van der Waals surface area contributed by atoms with E-state index in [0.29, 0.717) is 11.8 Å². The van der Waals surface area contributed by atoms with Crippen LogP contribution in [0.3, 0.4) is 0 Å². The highest BCUT2D eigenvalue weighted by molar-refractivity contribution is 5.18. The predicted molar refractivity (Wildman–Crippen MR) is 51.9 cm³/mol. The molecule has 78 valence electrons. The minimum absolute atomic E-state index is 0.214. The van der Waals surface area contributed by atoms with Gasteiger partial charge in [0.15, 0.2) is 0 Å². The van der Waals surface area contributed by atoms with Crippen molar-refractivity contribution >= 4 is 0 Å². The van der Waals surface area contributed by atoms with E-state index in [2.05, 4.69) is 11.4 Å². The molecule has 2 rings (SSSR count). The first-order chi connectivity index (χ1) is 6.65. The molecule has 0 amide bonds. The standard InChI is InChI=1S/C9H15N3O2/c10-9(5-12(13)14)11-8-4-6-1-2-7(8)3-6/h4,6-7,9,11H,1-3,5,10H2. The first-order valence-corrected chi connectivity index (χ1v) is 5.01. The zero-order valence-electron chi connectivity index (χ0n) is 7.98. The highest BCUT2D eigenvalue weighted by Gasteiger charge is 2.33. The second-order valence-corrected chi connectivity index (χ2v) is 4.16. The smallest absolute Gasteiger partial charge is 0.236 e. The number of nitro groups is 1. The zero-order chi connectivity index (χ0) is 10.1. The Morgan fingerprint density at radius 3 is 3.00 bits per heavy atom. The van der Waals surface area contributed by atoms with Crippen molar-refractivity contribution in [3.8, 4) is 0 Å². The van der Waals surface area contributed by atoms with E-state index in [1.54, 1.807) is 0 Å². The lowest BCUT2D eigenvalue weighted by Crippen LogP contribution is -2.43. The number of allylic oxidation sites excluding steroid dienone is 2. The van der Waals surface area contributed by atoms with E-state index < -0.39 is 6.17 Å². The topological polar surface area (TPSA) is 81.2 Å². The molecule has 1 saturated carbocycles. The summed E-state index contributed by atoms with van der Waals surface area (Å²) >= 11 is 0. The molecule has 3 atom stereocenters. The molecular formula is C9H15N3O2. The van der Waals surface area contributed by atoms with Crippen LogP contribution in [0, 0.1) is 22.0 Å². The van der Waals surface area contributed by atoms with Crippen molar-refractivity contribution in [2.45, 2.75) is 25.4 Å². The van der Waals surface area contributed by atoms with Gasteiger partial charge in [0, 0.05) is 10.6 Å². The maximum absolute atomic E-state index is 10.2. The fourth-order valence-electron chi connectivity index (χ4n) is 2.43. The lowest BCUT2D eigenvalue weighted by Gasteiger charge is -2.18. The molecular weight excluding hydrogens is 182 g/mol. The molecule has 5 nitrogen and oxygen atoms in total. The van der Waals surface area contributed by atoms with E-state index in [9.17, 15) is 10.1 Å². The Bertz CT molecular complexity index is 277. The quantitative estimate of drug-likeness (QED) is 0.389. The Morgan fingerprint density at radius 1 is 1.71 bits per heavy atom. The number of nitrogens with two attached hydrogens (primary N) is 1. The van der Waals surface area contributed by atoms with Crippen molar-refractivity contribution in [3.05, 3.63) is 21.9 Å². The van der Waals surface area contributed by atoms with Crippen molar-refractivity contribution in [2.24, 2.45) is 17.6 Å². The molecule has 5 heteroatoms. The molecule has 2 aliphatic rings. The Kier molecular flexibility index (Phi) is 2.41. The van der Waals surface area contributed by atoms with Crippen LogP contribution >= 0.6 is 0 Å². The summed E-state index contributed by atoms with van der Waals surface area (Å²) < 4.78 is 0. The molecule has 0 saturated heterocycles. The van der Waals surface area contributed by atoms with E-state index in [1.165, 1.54) is 19.3 Å². The summed E-state index contributed by atoms with van der Waals surface area (Å²) in [4.78, 5) is 9.83. The third kappa shape index (κ3) is 1.87. The van der Waals surface area contributed by atoms with E-state index in [0.717, 1.165) is 5.70 Å². The summed E-state index contributed by atoms with van der Waals surface area (Å²) in [6.07, 6.45) is 5.31. The maximum Gasteiger partial charge on any atom is 0.236 e. The summed E-state index contributed by atoms with van der Waals surface area (Å²) in [5.74, 6) is 1.27. The van der Waals surface area contributed by atoms with Gasteiger partial charge in [-0.15, -0.1) is 0 Å². The van der Waals surface area contributed by atoms with Crippen LogP contribution in [0.1, 0.15) is 19.3 Å². The number of hydrogen-bond acceptors (Lipinski definition) is 4.